The summed E-state index contributed by atoms with van der Waals surface area (Å²) in [5, 5.41) is 15.8. The van der Waals surface area contributed by atoms with E-state index in [0.717, 1.165) is 0 Å². The number of halogens is 2. The SMILES string of the molecule is O=C1C(O)=C(Cl)C(O)C(=O)C1Cl. The van der Waals surface area contributed by atoms with Gasteiger partial charge >= 0.3 is 0 Å². The van der Waals surface area contributed by atoms with Gasteiger partial charge in [-0.3, -0.25) is 9.59 Å². The number of aliphatic hydroxyl groups excluding tert-OH is 2. The predicted octanol–water partition coefficient (Wildman–Crippen LogP) is 0.115. The highest BCUT2D eigenvalue weighted by Crippen LogP contribution is 2.24. The highest BCUT2D eigenvalue weighted by atomic mass is 35.5. The molecule has 2 N–H and O–H groups in total. The molecule has 2 unspecified atom stereocenters. The van der Waals surface area contributed by atoms with Crippen LogP contribution in [0.4, 0.5) is 0 Å². The van der Waals surface area contributed by atoms with E-state index in [9.17, 15) is 9.59 Å². The van der Waals surface area contributed by atoms with Gasteiger partial charge in [0.1, 0.15) is 0 Å². The Balaban J connectivity index is 3.17. The summed E-state index contributed by atoms with van der Waals surface area (Å²) >= 11 is 10.5. The maximum Gasteiger partial charge on any atom is 0.223 e. The van der Waals surface area contributed by atoms with Crippen molar-refractivity contribution in [1.82, 2.24) is 0 Å². The van der Waals surface area contributed by atoms with Crippen molar-refractivity contribution < 1.29 is 19.8 Å². The van der Waals surface area contributed by atoms with Crippen molar-refractivity contribution in [1.29, 1.82) is 0 Å². The van der Waals surface area contributed by atoms with E-state index in [1.807, 2.05) is 0 Å². The second-order valence-corrected chi connectivity index (χ2v) is 3.07. The van der Waals surface area contributed by atoms with Crippen molar-refractivity contribution in [2.45, 2.75) is 11.5 Å². The Kier molecular flexibility index (Phi) is 2.41. The molecule has 1 aliphatic rings. The van der Waals surface area contributed by atoms with Crippen molar-refractivity contribution in [2.24, 2.45) is 0 Å². The summed E-state index contributed by atoms with van der Waals surface area (Å²) in [7, 11) is 0. The predicted molar refractivity (Wildman–Crippen MR) is 41.2 cm³/mol. The fourth-order valence-corrected chi connectivity index (χ4v) is 1.18. The lowest BCUT2D eigenvalue weighted by molar-refractivity contribution is -0.131. The largest absolute Gasteiger partial charge is 0.503 e. The molecule has 0 spiro atoms. The fraction of sp³-hybridized carbons (Fsp3) is 0.333. The molecule has 0 radical (unpaired) electrons. The van der Waals surface area contributed by atoms with Crippen LogP contribution in [0.25, 0.3) is 0 Å². The number of hydrogen-bond acceptors (Lipinski definition) is 4. The van der Waals surface area contributed by atoms with Crippen LogP contribution < -0.4 is 0 Å². The normalized spacial score (nSPS) is 31.2. The van der Waals surface area contributed by atoms with Crippen LogP contribution in [-0.4, -0.2) is 33.3 Å². The van der Waals surface area contributed by atoms with Gasteiger partial charge in [-0.2, -0.15) is 0 Å². The van der Waals surface area contributed by atoms with Crippen LogP contribution in [0.1, 0.15) is 0 Å². The summed E-state index contributed by atoms with van der Waals surface area (Å²) in [4.78, 5) is 21.7. The van der Waals surface area contributed by atoms with Crippen LogP contribution in [0.3, 0.4) is 0 Å². The molecular formula is C6H4Cl2O4. The minimum absolute atomic E-state index is 0.568. The molecule has 0 aromatic heterocycles. The number of carbonyl (C=O) groups is 2. The zero-order chi connectivity index (χ0) is 9.46. The van der Waals surface area contributed by atoms with Crippen molar-refractivity contribution >= 4 is 34.8 Å². The highest BCUT2D eigenvalue weighted by Gasteiger charge is 2.40. The molecule has 0 heterocycles. The maximum absolute atomic E-state index is 10.9. The van der Waals surface area contributed by atoms with E-state index < -0.39 is 33.8 Å². The molecule has 0 aliphatic heterocycles. The summed E-state index contributed by atoms with van der Waals surface area (Å²) < 4.78 is 0. The molecular weight excluding hydrogens is 207 g/mol. The third-order valence-electron chi connectivity index (χ3n) is 1.45. The molecule has 0 amide bonds. The minimum Gasteiger partial charge on any atom is -0.503 e. The summed E-state index contributed by atoms with van der Waals surface area (Å²) in [5.41, 5.74) is 0. The van der Waals surface area contributed by atoms with Crippen molar-refractivity contribution in [2.75, 3.05) is 0 Å². The number of ketones is 2. The monoisotopic (exact) mass is 210 g/mol. The third kappa shape index (κ3) is 1.22. The Morgan fingerprint density at radius 3 is 2.33 bits per heavy atom. The molecule has 0 fully saturated rings. The Hall–Kier alpha value is -0.580. The zero-order valence-electron chi connectivity index (χ0n) is 5.62. The average molecular weight is 211 g/mol. The minimum atomic E-state index is -1.69. The van der Waals surface area contributed by atoms with Crippen LogP contribution in [0.5, 0.6) is 0 Å². The molecule has 0 bridgehead atoms. The van der Waals surface area contributed by atoms with Crippen LogP contribution in [-0.2, 0) is 9.59 Å². The highest BCUT2D eigenvalue weighted by molar-refractivity contribution is 6.49. The Morgan fingerprint density at radius 1 is 1.33 bits per heavy atom. The molecule has 0 saturated heterocycles. The average Bonchev–Trinajstić information content (AvgIpc) is 2.08. The number of hydrogen-bond donors (Lipinski definition) is 2. The quantitative estimate of drug-likeness (QED) is 0.440. The van der Waals surface area contributed by atoms with Gasteiger partial charge < -0.3 is 10.2 Å². The lowest BCUT2D eigenvalue weighted by Gasteiger charge is -2.18. The van der Waals surface area contributed by atoms with Crippen molar-refractivity contribution in [3.8, 4) is 0 Å². The molecule has 0 aromatic rings. The van der Waals surface area contributed by atoms with Gasteiger partial charge in [-0.05, 0) is 0 Å². The Morgan fingerprint density at radius 2 is 1.83 bits per heavy atom. The number of Topliss-reactive ketones (excluding diaryl/α,β-unsaturated/α-hetero) is 2. The number of aliphatic hydroxyl groups is 2. The topological polar surface area (TPSA) is 74.6 Å². The first-order valence-corrected chi connectivity index (χ1v) is 3.77. The van der Waals surface area contributed by atoms with E-state index in [0.29, 0.717) is 0 Å². The lowest BCUT2D eigenvalue weighted by atomic mass is 10.0. The van der Waals surface area contributed by atoms with Crippen molar-refractivity contribution in [3.05, 3.63) is 10.8 Å². The first kappa shape index (κ1) is 9.51. The van der Waals surface area contributed by atoms with E-state index in [2.05, 4.69) is 0 Å². The van der Waals surface area contributed by atoms with Crippen LogP contribution in [0.2, 0.25) is 0 Å². The molecule has 0 aromatic carbocycles. The summed E-state index contributed by atoms with van der Waals surface area (Å²) in [6.45, 7) is 0. The van der Waals surface area contributed by atoms with Gasteiger partial charge in [-0.1, -0.05) is 11.6 Å². The molecule has 4 nitrogen and oxygen atoms in total. The Bertz CT molecular complexity index is 283. The van der Waals surface area contributed by atoms with E-state index in [4.69, 9.17) is 33.4 Å². The molecule has 6 heteroatoms. The molecule has 1 aliphatic carbocycles. The number of alkyl halides is 1. The van der Waals surface area contributed by atoms with Gasteiger partial charge in [0.05, 0.1) is 5.03 Å². The van der Waals surface area contributed by atoms with Gasteiger partial charge in [0.2, 0.25) is 5.78 Å². The van der Waals surface area contributed by atoms with Crippen molar-refractivity contribution in [3.63, 3.8) is 0 Å². The van der Waals surface area contributed by atoms with Gasteiger partial charge in [0, 0.05) is 0 Å². The third-order valence-corrected chi connectivity index (χ3v) is 2.25. The van der Waals surface area contributed by atoms with Gasteiger partial charge in [-0.25, -0.2) is 0 Å². The number of rotatable bonds is 0. The van der Waals surface area contributed by atoms with Gasteiger partial charge in [0.25, 0.3) is 0 Å². The second-order valence-electron chi connectivity index (χ2n) is 2.23. The molecule has 12 heavy (non-hydrogen) atoms. The van der Waals surface area contributed by atoms with Crippen LogP contribution >= 0.6 is 23.2 Å². The number of carbonyl (C=O) groups excluding carboxylic acids is 2. The summed E-state index contributed by atoms with van der Waals surface area (Å²) in [6.07, 6.45) is -1.69. The van der Waals surface area contributed by atoms with Crippen LogP contribution in [0.15, 0.2) is 10.8 Å². The Labute approximate surface area is 77.4 Å². The summed E-state index contributed by atoms with van der Waals surface area (Å²) in [6, 6.07) is 0. The molecule has 0 saturated carbocycles. The molecule has 66 valence electrons. The second kappa shape index (κ2) is 3.05. The van der Waals surface area contributed by atoms with E-state index in [1.54, 1.807) is 0 Å². The van der Waals surface area contributed by atoms with Gasteiger partial charge in [0.15, 0.2) is 23.0 Å². The fourth-order valence-electron chi connectivity index (χ4n) is 0.760. The van der Waals surface area contributed by atoms with Gasteiger partial charge in [-0.15, -0.1) is 11.6 Å². The molecule has 1 rings (SSSR count). The van der Waals surface area contributed by atoms with E-state index >= 15 is 0 Å². The first-order valence-electron chi connectivity index (χ1n) is 2.95. The zero-order valence-corrected chi connectivity index (χ0v) is 7.13. The first-order chi connectivity index (χ1) is 5.46. The smallest absolute Gasteiger partial charge is 0.223 e. The summed E-state index contributed by atoms with van der Waals surface area (Å²) in [5.74, 6) is -2.73. The standard InChI is InChI=1S/C6H4Cl2O4/c7-1-3(9)5(11)2(8)6(12)4(1)10/h1,5,11-12H. The van der Waals surface area contributed by atoms with E-state index in [-0.39, 0.29) is 0 Å². The lowest BCUT2D eigenvalue weighted by Crippen LogP contribution is -2.40. The van der Waals surface area contributed by atoms with E-state index in [1.165, 1.54) is 0 Å². The molecule has 2 atom stereocenters. The van der Waals surface area contributed by atoms with Crippen LogP contribution in [0, 0.1) is 0 Å². The maximum atomic E-state index is 10.9. The number of allylic oxidation sites excluding steroid dienone is 1.